The van der Waals surface area contributed by atoms with Crippen molar-refractivity contribution in [3.63, 3.8) is 0 Å². The number of hydrogen-bond acceptors (Lipinski definition) is 5. The molecular weight excluding hydrogens is 699 g/mol. The molecule has 56 heavy (non-hydrogen) atoms. The van der Waals surface area contributed by atoms with E-state index in [0.717, 1.165) is 84.4 Å². The van der Waals surface area contributed by atoms with E-state index >= 15 is 0 Å². The minimum absolute atomic E-state index is 0.00362. The Bertz CT molecular complexity index is 2110. The summed E-state index contributed by atoms with van der Waals surface area (Å²) in [5.74, 6) is 6.69. The topological polar surface area (TPSA) is 78.3 Å². The Balaban J connectivity index is 1.33. The summed E-state index contributed by atoms with van der Waals surface area (Å²) in [5.41, 5.74) is 9.05. The molecule has 0 fully saturated rings. The van der Waals surface area contributed by atoms with Gasteiger partial charge < -0.3 is 24.0 Å². The van der Waals surface area contributed by atoms with Crippen LogP contribution in [0.4, 0.5) is 4.79 Å². The number of benzene rings is 3. The number of carbonyl (C=O) groups is 3. The molecule has 0 radical (unpaired) electrons. The number of unbranched alkanes of at least 4 members (excludes halogenated alkanes) is 2. The molecule has 3 aromatic carbocycles. The summed E-state index contributed by atoms with van der Waals surface area (Å²) >= 11 is 0. The van der Waals surface area contributed by atoms with Crippen LogP contribution in [0.3, 0.4) is 0 Å². The molecule has 9 heteroatoms. The van der Waals surface area contributed by atoms with Gasteiger partial charge in [0.25, 0.3) is 11.8 Å². The van der Waals surface area contributed by atoms with Crippen molar-refractivity contribution in [2.45, 2.75) is 85.4 Å². The van der Waals surface area contributed by atoms with Crippen molar-refractivity contribution in [3.05, 3.63) is 111 Å². The van der Waals surface area contributed by atoms with Gasteiger partial charge in [-0.1, -0.05) is 62.8 Å². The first kappa shape index (κ1) is 40.3. The molecule has 1 atom stereocenters. The van der Waals surface area contributed by atoms with Gasteiger partial charge in [0.2, 0.25) is 0 Å². The van der Waals surface area contributed by atoms with Crippen LogP contribution in [0.15, 0.2) is 66.7 Å². The fraction of sp³-hybridized carbons (Fsp3) is 0.426. The second-order valence-corrected chi connectivity index (χ2v) is 15.6. The number of carbonyl (C=O) groups excluding carboxylic acids is 3. The molecule has 0 aliphatic carbocycles. The summed E-state index contributed by atoms with van der Waals surface area (Å²) < 4.78 is 7.88. The van der Waals surface area contributed by atoms with Crippen molar-refractivity contribution in [1.29, 1.82) is 0 Å². The number of amides is 3. The fourth-order valence-electron chi connectivity index (χ4n) is 7.69. The maximum atomic E-state index is 14.9. The number of rotatable bonds is 11. The minimum atomic E-state index is -0.433. The van der Waals surface area contributed by atoms with Crippen LogP contribution in [0.5, 0.6) is 5.75 Å². The molecular formula is C47H57N5O4. The average Bonchev–Trinajstić information content (AvgIpc) is 3.49. The number of hydrogen-bond donors (Lipinski definition) is 0. The van der Waals surface area contributed by atoms with Gasteiger partial charge in [-0.25, -0.2) is 4.79 Å². The molecule has 3 heterocycles. The molecule has 0 bridgehead atoms. The first-order valence-corrected chi connectivity index (χ1v) is 20.2. The highest BCUT2D eigenvalue weighted by molar-refractivity contribution is 6.03. The maximum Gasteiger partial charge on any atom is 0.415 e. The summed E-state index contributed by atoms with van der Waals surface area (Å²) in [4.78, 5) is 50.2. The van der Waals surface area contributed by atoms with Crippen LogP contribution >= 0.6 is 0 Å². The number of fused-ring (bicyclic) bond motifs is 2. The second kappa shape index (κ2) is 18.1. The van der Waals surface area contributed by atoms with E-state index in [1.807, 2.05) is 73.1 Å². The zero-order valence-corrected chi connectivity index (χ0v) is 34.3. The number of aromatic nitrogens is 1. The summed E-state index contributed by atoms with van der Waals surface area (Å²) in [7, 11) is 5.93. The highest BCUT2D eigenvalue weighted by Crippen LogP contribution is 2.36. The van der Waals surface area contributed by atoms with Gasteiger partial charge in [0.1, 0.15) is 5.75 Å². The van der Waals surface area contributed by atoms with Crippen LogP contribution in [0.1, 0.15) is 101 Å². The van der Waals surface area contributed by atoms with Crippen molar-refractivity contribution in [2.75, 3.05) is 40.3 Å². The largest absolute Gasteiger partial charge is 0.415 e. The number of ether oxygens (including phenoxy) is 1. The standard InChI is InChI=1S/C47H57N5O4/c1-8-10-24-50(25-11-9-2)45(53)41-30-44(49(7)34(41)4)42-28-37-22-26-51(47(55)56-40-20-18-35(19-21-40)15-14-23-48(5)6)31-39(37)29-43(42)46(54)52-32-38-17-13-12-16-36(38)27-33(52)3/h12-13,16-21,28-30,33H,8-11,22-27,31-32H2,1-7H3/t33-/m1/s1. The zero-order valence-electron chi connectivity index (χ0n) is 34.3. The van der Waals surface area contributed by atoms with Crippen molar-refractivity contribution in [2.24, 2.45) is 7.05 Å². The first-order chi connectivity index (χ1) is 27.0. The fourth-order valence-corrected chi connectivity index (χ4v) is 7.69. The lowest BCUT2D eigenvalue weighted by atomic mass is 9.90. The predicted molar refractivity (Wildman–Crippen MR) is 223 cm³/mol. The molecule has 4 aromatic rings. The summed E-state index contributed by atoms with van der Waals surface area (Å²) in [6, 6.07) is 21.7. The van der Waals surface area contributed by atoms with E-state index < -0.39 is 6.09 Å². The highest BCUT2D eigenvalue weighted by atomic mass is 16.6. The molecule has 6 rings (SSSR count). The molecule has 0 spiro atoms. The van der Waals surface area contributed by atoms with Gasteiger partial charge in [0.15, 0.2) is 0 Å². The minimum Gasteiger partial charge on any atom is -0.410 e. The molecule has 2 aliphatic heterocycles. The first-order valence-electron chi connectivity index (χ1n) is 20.2. The van der Waals surface area contributed by atoms with E-state index in [1.54, 1.807) is 17.0 Å². The Labute approximate surface area is 333 Å². The predicted octanol–water partition coefficient (Wildman–Crippen LogP) is 8.10. The molecule has 0 unspecified atom stereocenters. The smallest absolute Gasteiger partial charge is 0.410 e. The lowest BCUT2D eigenvalue weighted by Crippen LogP contribution is -2.43. The SMILES string of the molecule is CCCCN(CCCC)C(=O)c1cc(-c2cc3c(cc2C(=O)N2Cc4ccccc4C[C@H]2C)CN(C(=O)Oc2ccc(C#CCN(C)C)cc2)CC3)n(C)c1C. The van der Waals surface area contributed by atoms with E-state index in [2.05, 4.69) is 61.4 Å². The Morgan fingerprint density at radius 2 is 1.55 bits per heavy atom. The van der Waals surface area contributed by atoms with Crippen molar-refractivity contribution in [1.82, 2.24) is 24.2 Å². The molecule has 0 saturated carbocycles. The summed E-state index contributed by atoms with van der Waals surface area (Å²) in [6.07, 6.45) is 4.90. The lowest BCUT2D eigenvalue weighted by molar-refractivity contribution is 0.0658. The van der Waals surface area contributed by atoms with Crippen LogP contribution in [-0.2, 0) is 33.0 Å². The second-order valence-electron chi connectivity index (χ2n) is 15.6. The van der Waals surface area contributed by atoms with Gasteiger partial charge in [0, 0.05) is 73.9 Å². The van der Waals surface area contributed by atoms with E-state index in [9.17, 15) is 14.4 Å². The Kier molecular flexibility index (Phi) is 13.0. The summed E-state index contributed by atoms with van der Waals surface area (Å²) in [5, 5.41) is 0. The van der Waals surface area contributed by atoms with Crippen LogP contribution < -0.4 is 4.74 Å². The Morgan fingerprint density at radius 1 is 0.857 bits per heavy atom. The van der Waals surface area contributed by atoms with Crippen molar-refractivity contribution in [3.8, 4) is 28.8 Å². The van der Waals surface area contributed by atoms with E-state index in [-0.39, 0.29) is 17.9 Å². The van der Waals surface area contributed by atoms with Crippen LogP contribution in [0.2, 0.25) is 0 Å². The van der Waals surface area contributed by atoms with Crippen LogP contribution in [0, 0.1) is 18.8 Å². The lowest BCUT2D eigenvalue weighted by Gasteiger charge is -2.36. The average molecular weight is 756 g/mol. The van der Waals surface area contributed by atoms with Crippen LogP contribution in [0.25, 0.3) is 11.3 Å². The molecule has 0 N–H and O–H groups in total. The van der Waals surface area contributed by atoms with Gasteiger partial charge in [-0.05, 0) is 118 Å². The molecule has 294 valence electrons. The Morgan fingerprint density at radius 3 is 2.23 bits per heavy atom. The van der Waals surface area contributed by atoms with Crippen LogP contribution in [-0.4, -0.2) is 88.4 Å². The quantitative estimate of drug-likeness (QED) is 0.145. The van der Waals surface area contributed by atoms with Gasteiger partial charge >= 0.3 is 6.09 Å². The van der Waals surface area contributed by atoms with Crippen molar-refractivity contribution < 1.29 is 19.1 Å². The van der Waals surface area contributed by atoms with Gasteiger partial charge in [-0.2, -0.15) is 0 Å². The third kappa shape index (κ3) is 9.03. The molecule has 3 amide bonds. The normalized spacial score (nSPS) is 14.8. The third-order valence-electron chi connectivity index (χ3n) is 11.2. The van der Waals surface area contributed by atoms with Gasteiger partial charge in [0.05, 0.1) is 12.1 Å². The van der Waals surface area contributed by atoms with Gasteiger partial charge in [-0.3, -0.25) is 14.5 Å². The highest BCUT2D eigenvalue weighted by Gasteiger charge is 2.32. The molecule has 0 saturated heterocycles. The maximum absolute atomic E-state index is 14.9. The van der Waals surface area contributed by atoms with Gasteiger partial charge in [-0.15, -0.1) is 0 Å². The molecule has 9 nitrogen and oxygen atoms in total. The molecule has 2 aliphatic rings. The number of nitrogens with zero attached hydrogens (tertiary/aromatic N) is 5. The van der Waals surface area contributed by atoms with Crippen molar-refractivity contribution >= 4 is 17.9 Å². The Hall–Kier alpha value is -5.33. The van der Waals surface area contributed by atoms with E-state index in [1.165, 1.54) is 5.56 Å². The molecule has 1 aromatic heterocycles. The monoisotopic (exact) mass is 755 g/mol. The van der Waals surface area contributed by atoms with E-state index in [0.29, 0.717) is 49.5 Å². The van der Waals surface area contributed by atoms with E-state index in [4.69, 9.17) is 4.74 Å². The zero-order chi connectivity index (χ0) is 39.9. The third-order valence-corrected chi connectivity index (χ3v) is 11.2. The summed E-state index contributed by atoms with van der Waals surface area (Å²) in [6.45, 7) is 11.8.